The zero-order valence-corrected chi connectivity index (χ0v) is 19.0. The molecule has 5 heteroatoms. The van der Waals surface area contributed by atoms with Crippen LogP contribution in [0.2, 0.25) is 0 Å². The van der Waals surface area contributed by atoms with Gasteiger partial charge in [0.1, 0.15) is 24.7 Å². The molecular weight excluding hydrogens is 400 g/mol. The van der Waals surface area contributed by atoms with Crippen molar-refractivity contribution in [3.8, 4) is 22.6 Å². The van der Waals surface area contributed by atoms with Crippen molar-refractivity contribution in [2.45, 2.75) is 38.5 Å². The van der Waals surface area contributed by atoms with Crippen molar-refractivity contribution in [2.75, 3.05) is 52.5 Å². The summed E-state index contributed by atoms with van der Waals surface area (Å²) in [6.07, 6.45) is 7.86. The molecule has 2 fully saturated rings. The van der Waals surface area contributed by atoms with Gasteiger partial charge in [-0.15, -0.1) is 0 Å². The predicted molar refractivity (Wildman–Crippen MR) is 127 cm³/mol. The molecule has 2 saturated heterocycles. The second kappa shape index (κ2) is 10.1. The zero-order chi connectivity index (χ0) is 21.8. The first kappa shape index (κ1) is 21.5. The minimum absolute atomic E-state index is 0.0923. The van der Waals surface area contributed by atoms with Crippen molar-refractivity contribution < 1.29 is 14.3 Å². The number of benzene rings is 2. The first-order valence-electron chi connectivity index (χ1n) is 12.3. The third-order valence-corrected chi connectivity index (χ3v) is 7.01. The smallest absolute Gasteiger partial charge is 0.194 e. The molecule has 170 valence electrons. The van der Waals surface area contributed by atoms with Gasteiger partial charge in [-0.2, -0.15) is 0 Å². The van der Waals surface area contributed by atoms with Gasteiger partial charge >= 0.3 is 0 Å². The summed E-state index contributed by atoms with van der Waals surface area (Å²) in [7, 11) is 0. The number of likely N-dealkylation sites (tertiary alicyclic amines) is 2. The Balaban J connectivity index is 1.23. The number of hydrogen-bond donors (Lipinski definition) is 0. The van der Waals surface area contributed by atoms with E-state index in [0.29, 0.717) is 13.2 Å². The van der Waals surface area contributed by atoms with Gasteiger partial charge in [-0.3, -0.25) is 14.6 Å². The Morgan fingerprint density at radius 3 is 1.47 bits per heavy atom. The van der Waals surface area contributed by atoms with Crippen LogP contribution in [0.5, 0.6) is 11.5 Å². The van der Waals surface area contributed by atoms with Gasteiger partial charge in [-0.1, -0.05) is 12.8 Å². The number of piperidine rings is 2. The van der Waals surface area contributed by atoms with Crippen molar-refractivity contribution in [2.24, 2.45) is 0 Å². The summed E-state index contributed by atoms with van der Waals surface area (Å²) < 4.78 is 12.1. The average Bonchev–Trinajstić information content (AvgIpc) is 3.11. The number of carbonyl (C=O) groups excluding carboxylic acids is 1. The summed E-state index contributed by atoms with van der Waals surface area (Å²) in [5.41, 5.74) is 3.44. The van der Waals surface area contributed by atoms with Crippen LogP contribution in [0, 0.1) is 0 Å². The lowest BCUT2D eigenvalue weighted by atomic mass is 10.1. The lowest BCUT2D eigenvalue weighted by Crippen LogP contribution is -2.33. The van der Waals surface area contributed by atoms with Gasteiger partial charge in [0.25, 0.3) is 0 Å². The minimum atomic E-state index is 0.0923. The molecule has 0 saturated carbocycles. The molecule has 0 aromatic heterocycles. The molecule has 0 unspecified atom stereocenters. The summed E-state index contributed by atoms with van der Waals surface area (Å²) in [4.78, 5) is 17.8. The fraction of sp³-hybridized carbons (Fsp3) is 0.519. The molecule has 2 aromatic rings. The molecule has 0 atom stereocenters. The summed E-state index contributed by atoms with van der Waals surface area (Å²) in [5.74, 6) is 1.75. The summed E-state index contributed by atoms with van der Waals surface area (Å²) in [6, 6.07) is 11.7. The fourth-order valence-electron chi connectivity index (χ4n) is 5.16. The van der Waals surface area contributed by atoms with Crippen LogP contribution in [0.1, 0.15) is 54.4 Å². The molecule has 5 nitrogen and oxygen atoms in total. The van der Waals surface area contributed by atoms with Crippen LogP contribution in [0.25, 0.3) is 11.1 Å². The molecule has 0 amide bonds. The van der Waals surface area contributed by atoms with E-state index < -0.39 is 0 Å². The first-order chi connectivity index (χ1) is 15.8. The van der Waals surface area contributed by atoms with E-state index in [0.717, 1.165) is 46.8 Å². The van der Waals surface area contributed by atoms with E-state index in [2.05, 4.69) is 9.80 Å². The summed E-state index contributed by atoms with van der Waals surface area (Å²) in [5, 5.41) is 0. The highest BCUT2D eigenvalue weighted by molar-refractivity contribution is 6.21. The SMILES string of the molecule is O=C1c2ccc(OCCN3CCCCC3)cc2-c2cc(OCCN3CCCCC3)ccc21. The number of hydrogen-bond acceptors (Lipinski definition) is 5. The number of rotatable bonds is 8. The van der Waals surface area contributed by atoms with Crippen molar-refractivity contribution in [1.29, 1.82) is 0 Å². The number of ketones is 1. The topological polar surface area (TPSA) is 42.0 Å². The Labute approximate surface area is 191 Å². The Bertz CT molecular complexity index is 870. The standard InChI is InChI=1S/C27H34N2O3/c30-27-23-9-7-21(31-17-15-28-11-3-1-4-12-28)19-25(23)26-20-22(8-10-24(26)27)32-18-16-29-13-5-2-6-14-29/h7-10,19-20H,1-6,11-18H2. The highest BCUT2D eigenvalue weighted by atomic mass is 16.5. The lowest BCUT2D eigenvalue weighted by Gasteiger charge is -2.26. The second-order valence-electron chi connectivity index (χ2n) is 9.25. The summed E-state index contributed by atoms with van der Waals surface area (Å²) in [6.45, 7) is 7.99. The molecule has 2 heterocycles. The molecule has 2 aliphatic heterocycles. The van der Waals surface area contributed by atoms with Crippen molar-refractivity contribution in [1.82, 2.24) is 9.80 Å². The van der Waals surface area contributed by atoms with Gasteiger partial charge in [-0.25, -0.2) is 0 Å². The lowest BCUT2D eigenvalue weighted by molar-refractivity contribution is 0.104. The Hall–Kier alpha value is -2.37. The van der Waals surface area contributed by atoms with Crippen LogP contribution in [0.3, 0.4) is 0 Å². The van der Waals surface area contributed by atoms with E-state index in [1.165, 1.54) is 64.7 Å². The summed E-state index contributed by atoms with van der Waals surface area (Å²) >= 11 is 0. The average molecular weight is 435 g/mol. The third kappa shape index (κ3) is 4.84. The molecule has 2 aromatic carbocycles. The maximum atomic E-state index is 12.9. The molecular formula is C27H34N2O3. The van der Waals surface area contributed by atoms with E-state index in [1.807, 2.05) is 36.4 Å². The van der Waals surface area contributed by atoms with Crippen molar-refractivity contribution in [3.05, 3.63) is 47.5 Å². The highest BCUT2D eigenvalue weighted by Crippen LogP contribution is 2.40. The van der Waals surface area contributed by atoms with Crippen LogP contribution in [-0.2, 0) is 0 Å². The van der Waals surface area contributed by atoms with Gasteiger partial charge in [0, 0.05) is 24.2 Å². The van der Waals surface area contributed by atoms with E-state index in [1.54, 1.807) is 0 Å². The van der Waals surface area contributed by atoms with E-state index in [4.69, 9.17) is 9.47 Å². The molecule has 0 radical (unpaired) electrons. The molecule has 0 N–H and O–H groups in total. The maximum Gasteiger partial charge on any atom is 0.194 e. The number of carbonyl (C=O) groups is 1. The van der Waals surface area contributed by atoms with Crippen LogP contribution >= 0.6 is 0 Å². The van der Waals surface area contributed by atoms with E-state index in [9.17, 15) is 4.79 Å². The fourth-order valence-corrected chi connectivity index (χ4v) is 5.16. The van der Waals surface area contributed by atoms with Crippen molar-refractivity contribution in [3.63, 3.8) is 0 Å². The minimum Gasteiger partial charge on any atom is -0.492 e. The Kier molecular flexibility index (Phi) is 6.75. The quantitative estimate of drug-likeness (QED) is 0.517. The normalized spacial score (nSPS) is 18.9. The Morgan fingerprint density at radius 1 is 0.594 bits per heavy atom. The molecule has 0 bridgehead atoms. The Morgan fingerprint density at radius 2 is 1.03 bits per heavy atom. The monoisotopic (exact) mass is 434 g/mol. The second-order valence-corrected chi connectivity index (χ2v) is 9.25. The van der Waals surface area contributed by atoms with Gasteiger partial charge in [-0.05, 0) is 99.4 Å². The first-order valence-corrected chi connectivity index (χ1v) is 12.3. The third-order valence-electron chi connectivity index (χ3n) is 7.01. The highest BCUT2D eigenvalue weighted by Gasteiger charge is 2.27. The van der Waals surface area contributed by atoms with E-state index >= 15 is 0 Å². The van der Waals surface area contributed by atoms with Crippen LogP contribution in [0.15, 0.2) is 36.4 Å². The van der Waals surface area contributed by atoms with Crippen LogP contribution in [0.4, 0.5) is 0 Å². The molecule has 3 aliphatic rings. The van der Waals surface area contributed by atoms with Crippen LogP contribution in [-0.4, -0.2) is 68.1 Å². The molecule has 5 rings (SSSR count). The van der Waals surface area contributed by atoms with Gasteiger partial charge in [0.2, 0.25) is 0 Å². The molecule has 32 heavy (non-hydrogen) atoms. The number of fused-ring (bicyclic) bond motifs is 3. The van der Waals surface area contributed by atoms with Gasteiger partial charge in [0.05, 0.1) is 0 Å². The van der Waals surface area contributed by atoms with E-state index in [-0.39, 0.29) is 5.78 Å². The van der Waals surface area contributed by atoms with Crippen molar-refractivity contribution >= 4 is 5.78 Å². The van der Waals surface area contributed by atoms with Gasteiger partial charge < -0.3 is 9.47 Å². The number of ether oxygens (including phenoxy) is 2. The number of nitrogens with zero attached hydrogens (tertiary/aromatic N) is 2. The largest absolute Gasteiger partial charge is 0.492 e. The van der Waals surface area contributed by atoms with Crippen LogP contribution < -0.4 is 9.47 Å². The predicted octanol–water partition coefficient (Wildman–Crippen LogP) is 4.63. The maximum absolute atomic E-state index is 12.9. The molecule has 1 aliphatic carbocycles. The van der Waals surface area contributed by atoms with Gasteiger partial charge in [0.15, 0.2) is 5.78 Å². The zero-order valence-electron chi connectivity index (χ0n) is 19.0. The molecule has 0 spiro atoms.